The smallest absolute Gasteiger partial charge is 0.309 e. The van der Waals surface area contributed by atoms with Crippen LogP contribution in [-0.2, 0) is 24.3 Å². The topological polar surface area (TPSA) is 92.8 Å². The Morgan fingerprint density at radius 1 is 1.19 bits per heavy atom. The zero-order valence-corrected chi connectivity index (χ0v) is 19.6. The minimum Gasteiger partial charge on any atom is -0.455 e. The van der Waals surface area contributed by atoms with Gasteiger partial charge < -0.3 is 10.1 Å². The van der Waals surface area contributed by atoms with E-state index in [0.717, 1.165) is 16.8 Å². The third kappa shape index (κ3) is 5.53. The third-order valence-corrected chi connectivity index (χ3v) is 8.69. The highest BCUT2D eigenvalue weighted by Gasteiger charge is 2.33. The van der Waals surface area contributed by atoms with Crippen molar-refractivity contribution in [3.05, 3.63) is 46.8 Å². The van der Waals surface area contributed by atoms with Gasteiger partial charge in [0.05, 0.1) is 5.92 Å². The monoisotopic (exact) mass is 464 g/mol. The number of hydrogen-bond acceptors (Lipinski definition) is 6. The number of hydrogen-bond donors (Lipinski definition) is 1. The Hall–Kier alpha value is -2.23. The van der Waals surface area contributed by atoms with Crippen molar-refractivity contribution >= 4 is 38.9 Å². The normalized spacial score (nSPS) is 15.7. The first-order chi connectivity index (χ1) is 14.7. The van der Waals surface area contributed by atoms with Crippen molar-refractivity contribution in [2.45, 2.75) is 43.7 Å². The summed E-state index contributed by atoms with van der Waals surface area (Å²) < 4.78 is 32.1. The average Bonchev–Trinajstić information content (AvgIpc) is 3.29. The molecule has 3 rings (SSSR count). The third-order valence-electron chi connectivity index (χ3n) is 5.41. The van der Waals surface area contributed by atoms with Crippen molar-refractivity contribution in [3.8, 4) is 0 Å². The molecule has 31 heavy (non-hydrogen) atoms. The molecule has 9 heteroatoms. The van der Waals surface area contributed by atoms with Crippen LogP contribution in [0.2, 0.25) is 0 Å². The van der Waals surface area contributed by atoms with Gasteiger partial charge in [0.1, 0.15) is 4.21 Å². The van der Waals surface area contributed by atoms with Gasteiger partial charge in [-0.15, -0.1) is 11.3 Å². The molecule has 2 aromatic rings. The van der Waals surface area contributed by atoms with Crippen molar-refractivity contribution in [3.63, 3.8) is 0 Å². The largest absolute Gasteiger partial charge is 0.455 e. The van der Waals surface area contributed by atoms with Crippen molar-refractivity contribution in [1.82, 2.24) is 4.31 Å². The fourth-order valence-corrected chi connectivity index (χ4v) is 6.26. The molecule has 0 radical (unpaired) electrons. The number of anilines is 1. The summed E-state index contributed by atoms with van der Waals surface area (Å²) >= 11 is 1.18. The molecule has 7 nitrogen and oxygen atoms in total. The highest BCUT2D eigenvalue weighted by Crippen LogP contribution is 2.28. The number of ether oxygens (including phenoxy) is 1. The second-order valence-electron chi connectivity index (χ2n) is 7.96. The zero-order chi connectivity index (χ0) is 22.6. The predicted octanol–water partition coefficient (Wildman–Crippen LogP) is 3.76. The lowest BCUT2D eigenvalue weighted by atomic mass is 9.98. The van der Waals surface area contributed by atoms with Gasteiger partial charge in [-0.3, -0.25) is 9.59 Å². The van der Waals surface area contributed by atoms with E-state index in [1.54, 1.807) is 17.5 Å². The quantitative estimate of drug-likeness (QED) is 0.630. The van der Waals surface area contributed by atoms with E-state index in [1.165, 1.54) is 15.6 Å². The number of rotatable bonds is 7. The summed E-state index contributed by atoms with van der Waals surface area (Å²) in [4.78, 5) is 24.8. The van der Waals surface area contributed by atoms with Crippen molar-refractivity contribution < 1.29 is 22.7 Å². The van der Waals surface area contributed by atoms with Crippen LogP contribution in [0.5, 0.6) is 0 Å². The van der Waals surface area contributed by atoms with Gasteiger partial charge in [0.25, 0.3) is 15.9 Å². The predicted molar refractivity (Wildman–Crippen MR) is 121 cm³/mol. The molecule has 0 aliphatic carbocycles. The van der Waals surface area contributed by atoms with Crippen molar-refractivity contribution in [2.75, 3.05) is 25.0 Å². The van der Waals surface area contributed by atoms with Crippen LogP contribution in [0, 0.1) is 12.8 Å². The molecule has 1 aliphatic heterocycles. The Kier molecular flexibility index (Phi) is 7.51. The lowest BCUT2D eigenvalue weighted by molar-refractivity contribution is -0.152. The Morgan fingerprint density at radius 3 is 2.52 bits per heavy atom. The van der Waals surface area contributed by atoms with E-state index >= 15 is 0 Å². The Balaban J connectivity index is 1.51. The molecule has 1 aromatic carbocycles. The van der Waals surface area contributed by atoms with E-state index in [9.17, 15) is 18.0 Å². The number of aryl methyl sites for hydroxylation is 1. The van der Waals surface area contributed by atoms with Crippen molar-refractivity contribution in [1.29, 1.82) is 0 Å². The van der Waals surface area contributed by atoms with Crippen LogP contribution in [0.3, 0.4) is 0 Å². The molecular formula is C22H28N2O5S2. The van der Waals surface area contributed by atoms with Gasteiger partial charge in [-0.2, -0.15) is 4.31 Å². The number of nitrogens with one attached hydrogen (secondary N) is 1. The van der Waals surface area contributed by atoms with Crippen LogP contribution in [0.1, 0.15) is 43.7 Å². The summed E-state index contributed by atoms with van der Waals surface area (Å²) in [5.74, 6) is -1.01. The number of carbonyl (C=O) groups excluding carboxylic acids is 2. The molecule has 1 fully saturated rings. The number of amides is 1. The maximum atomic E-state index is 12.6. The van der Waals surface area contributed by atoms with E-state index in [-0.39, 0.29) is 31.5 Å². The summed E-state index contributed by atoms with van der Waals surface area (Å²) in [7, 11) is -3.51. The Bertz CT molecular complexity index is 1020. The lowest BCUT2D eigenvalue weighted by Crippen LogP contribution is -2.40. The van der Waals surface area contributed by atoms with Crippen LogP contribution in [0.15, 0.2) is 39.9 Å². The molecule has 2 heterocycles. The molecule has 1 aromatic heterocycles. The molecule has 0 saturated carbocycles. The summed E-state index contributed by atoms with van der Waals surface area (Å²) in [6, 6.07) is 9.13. The second kappa shape index (κ2) is 9.93. The number of esters is 1. The second-order valence-corrected chi connectivity index (χ2v) is 11.1. The summed E-state index contributed by atoms with van der Waals surface area (Å²) in [5, 5.41) is 4.58. The SMILES string of the molecule is Cc1cccc(C(C)C)c1NC(=O)COC(=O)C1CCN(S(=O)(=O)c2cccs2)CC1. The Labute approximate surface area is 187 Å². The van der Waals surface area contributed by atoms with E-state index in [1.807, 2.05) is 25.1 Å². The molecule has 1 N–H and O–H groups in total. The molecule has 0 atom stereocenters. The average molecular weight is 465 g/mol. The maximum Gasteiger partial charge on any atom is 0.309 e. The van der Waals surface area contributed by atoms with Crippen LogP contribution in [0.25, 0.3) is 0 Å². The minimum atomic E-state index is -3.51. The molecular weight excluding hydrogens is 436 g/mol. The van der Waals surface area contributed by atoms with Crippen LogP contribution in [0.4, 0.5) is 5.69 Å². The number of thiophene rings is 1. The van der Waals surface area contributed by atoms with E-state index in [2.05, 4.69) is 19.2 Å². The number of sulfonamides is 1. The first-order valence-corrected chi connectivity index (χ1v) is 12.6. The van der Waals surface area contributed by atoms with Gasteiger partial charge >= 0.3 is 5.97 Å². The fraction of sp³-hybridized carbons (Fsp3) is 0.455. The van der Waals surface area contributed by atoms with E-state index in [0.29, 0.717) is 17.1 Å². The summed E-state index contributed by atoms with van der Waals surface area (Å²) in [6.45, 7) is 6.18. The van der Waals surface area contributed by atoms with Gasteiger partial charge in [0.2, 0.25) is 0 Å². The molecule has 168 valence electrons. The molecule has 0 unspecified atom stereocenters. The minimum absolute atomic E-state index is 0.244. The summed E-state index contributed by atoms with van der Waals surface area (Å²) in [5.41, 5.74) is 2.73. The highest BCUT2D eigenvalue weighted by atomic mass is 32.2. The standard InChI is InChI=1S/C22H28N2O5S2/c1-15(2)18-7-4-6-16(3)21(18)23-19(25)14-29-22(26)17-9-11-24(12-10-17)31(27,28)20-8-5-13-30-20/h4-8,13,15,17H,9-12,14H2,1-3H3,(H,23,25). The highest BCUT2D eigenvalue weighted by molar-refractivity contribution is 7.91. The van der Waals surface area contributed by atoms with Crippen LogP contribution < -0.4 is 5.32 Å². The molecule has 0 bridgehead atoms. The lowest BCUT2D eigenvalue weighted by Gasteiger charge is -2.29. The molecule has 1 aliphatic rings. The van der Waals surface area contributed by atoms with Gasteiger partial charge in [0, 0.05) is 18.8 Å². The van der Waals surface area contributed by atoms with E-state index < -0.39 is 21.9 Å². The molecule has 1 amide bonds. The maximum absolute atomic E-state index is 12.6. The zero-order valence-electron chi connectivity index (χ0n) is 18.0. The van der Waals surface area contributed by atoms with Crippen LogP contribution in [-0.4, -0.2) is 44.3 Å². The van der Waals surface area contributed by atoms with Crippen LogP contribution >= 0.6 is 11.3 Å². The van der Waals surface area contributed by atoms with E-state index in [4.69, 9.17) is 4.74 Å². The first kappa shape index (κ1) is 23.4. The fourth-order valence-electron chi connectivity index (χ4n) is 3.64. The number of carbonyl (C=O) groups is 2. The van der Waals surface area contributed by atoms with Gasteiger partial charge in [-0.05, 0) is 48.3 Å². The van der Waals surface area contributed by atoms with Gasteiger partial charge in [0.15, 0.2) is 6.61 Å². The first-order valence-electron chi connectivity index (χ1n) is 10.3. The molecule has 0 spiro atoms. The number of piperidine rings is 1. The van der Waals surface area contributed by atoms with Gasteiger partial charge in [-0.25, -0.2) is 8.42 Å². The van der Waals surface area contributed by atoms with Crippen molar-refractivity contribution in [2.24, 2.45) is 5.92 Å². The number of nitrogens with zero attached hydrogens (tertiary/aromatic N) is 1. The Morgan fingerprint density at radius 2 is 1.90 bits per heavy atom. The number of benzene rings is 1. The number of para-hydroxylation sites is 1. The van der Waals surface area contributed by atoms with Gasteiger partial charge in [-0.1, -0.05) is 38.1 Å². The summed E-state index contributed by atoms with van der Waals surface area (Å²) in [6.07, 6.45) is 0.751. The molecule has 1 saturated heterocycles.